The molecule has 27 heavy (non-hydrogen) atoms. The first-order valence-electron chi connectivity index (χ1n) is 8.66. The topological polar surface area (TPSA) is 51.2 Å². The van der Waals surface area contributed by atoms with Crippen molar-refractivity contribution < 1.29 is 9.53 Å². The third-order valence-electron chi connectivity index (χ3n) is 4.20. The van der Waals surface area contributed by atoms with E-state index in [9.17, 15) is 4.79 Å². The van der Waals surface area contributed by atoms with Crippen molar-refractivity contribution in [3.8, 4) is 17.0 Å². The first-order chi connectivity index (χ1) is 13.2. The van der Waals surface area contributed by atoms with Gasteiger partial charge in [-0.15, -0.1) is 11.3 Å². The van der Waals surface area contributed by atoms with Crippen LogP contribution in [0.3, 0.4) is 0 Å². The maximum absolute atomic E-state index is 12.4. The van der Waals surface area contributed by atoms with Crippen molar-refractivity contribution in [2.45, 2.75) is 13.0 Å². The molecule has 0 fully saturated rings. The van der Waals surface area contributed by atoms with Gasteiger partial charge in [0.05, 0.1) is 5.69 Å². The maximum Gasteiger partial charge on any atom is 0.266 e. The number of fused-ring (bicyclic) bond motifs is 1. The Kier molecular flexibility index (Phi) is 4.85. The monoisotopic (exact) mass is 374 g/mol. The maximum atomic E-state index is 12.4. The highest BCUT2D eigenvalue weighted by Crippen LogP contribution is 2.28. The van der Waals surface area contributed by atoms with Crippen LogP contribution in [0.2, 0.25) is 0 Å². The van der Waals surface area contributed by atoms with E-state index < -0.39 is 6.10 Å². The standard InChI is InChI=1S/C22H18N2O2S/c1-15(26-19-9-3-2-4-10-19)21(25)24-22-23-20(14-27-22)18-12-11-16-7-5-6-8-17(16)13-18/h2-15H,1H3,(H,23,24,25)/t15-/m0/s1. The molecule has 3 aromatic carbocycles. The fourth-order valence-corrected chi connectivity index (χ4v) is 3.50. The van der Waals surface area contributed by atoms with Crippen molar-refractivity contribution in [3.05, 3.63) is 78.2 Å². The van der Waals surface area contributed by atoms with Crippen LogP contribution in [0.4, 0.5) is 5.13 Å². The molecule has 0 aliphatic rings. The van der Waals surface area contributed by atoms with Crippen molar-refractivity contribution in [2.75, 3.05) is 5.32 Å². The van der Waals surface area contributed by atoms with Gasteiger partial charge in [-0.25, -0.2) is 4.98 Å². The fourth-order valence-electron chi connectivity index (χ4n) is 2.78. The van der Waals surface area contributed by atoms with E-state index in [1.54, 1.807) is 6.92 Å². The van der Waals surface area contributed by atoms with E-state index in [2.05, 4.69) is 34.6 Å². The SMILES string of the molecule is C[C@H](Oc1ccccc1)C(=O)Nc1nc(-c2ccc3ccccc3c2)cs1. The fraction of sp³-hybridized carbons (Fsp3) is 0.0909. The van der Waals surface area contributed by atoms with E-state index in [4.69, 9.17) is 4.74 Å². The molecule has 0 aliphatic carbocycles. The van der Waals surface area contributed by atoms with Gasteiger partial charge in [-0.3, -0.25) is 10.1 Å². The molecule has 0 aliphatic heterocycles. The van der Waals surface area contributed by atoms with Gasteiger partial charge in [-0.05, 0) is 35.9 Å². The highest BCUT2D eigenvalue weighted by molar-refractivity contribution is 7.14. The number of carbonyl (C=O) groups excluding carboxylic acids is 1. The quantitative estimate of drug-likeness (QED) is 0.511. The molecule has 1 atom stereocenters. The van der Waals surface area contributed by atoms with Crippen LogP contribution in [-0.4, -0.2) is 17.0 Å². The zero-order valence-electron chi connectivity index (χ0n) is 14.8. The largest absolute Gasteiger partial charge is 0.481 e. The molecule has 0 radical (unpaired) electrons. The number of para-hydroxylation sites is 1. The van der Waals surface area contributed by atoms with Crippen molar-refractivity contribution in [1.29, 1.82) is 0 Å². The van der Waals surface area contributed by atoms with Crippen LogP contribution in [0.25, 0.3) is 22.0 Å². The minimum Gasteiger partial charge on any atom is -0.481 e. The number of nitrogens with one attached hydrogen (secondary N) is 1. The molecule has 1 amide bonds. The summed E-state index contributed by atoms with van der Waals surface area (Å²) in [6, 6.07) is 23.7. The number of nitrogens with zero attached hydrogens (tertiary/aromatic N) is 1. The first kappa shape index (κ1) is 17.2. The number of amides is 1. The van der Waals surface area contributed by atoms with E-state index in [0.29, 0.717) is 10.9 Å². The molecule has 5 heteroatoms. The van der Waals surface area contributed by atoms with E-state index in [1.165, 1.54) is 22.1 Å². The Morgan fingerprint density at radius 3 is 2.56 bits per heavy atom. The van der Waals surface area contributed by atoms with Gasteiger partial charge >= 0.3 is 0 Å². The lowest BCUT2D eigenvalue weighted by molar-refractivity contribution is -0.122. The Balaban J connectivity index is 1.46. The van der Waals surface area contributed by atoms with Gasteiger partial charge < -0.3 is 4.74 Å². The zero-order valence-corrected chi connectivity index (χ0v) is 15.6. The van der Waals surface area contributed by atoms with Gasteiger partial charge in [0.25, 0.3) is 5.91 Å². The molecule has 4 rings (SSSR count). The Morgan fingerprint density at radius 2 is 1.74 bits per heavy atom. The summed E-state index contributed by atoms with van der Waals surface area (Å²) in [6.07, 6.45) is -0.611. The predicted molar refractivity (Wildman–Crippen MR) is 110 cm³/mol. The molecule has 0 spiro atoms. The molecule has 1 N–H and O–H groups in total. The molecule has 1 aromatic heterocycles. The second-order valence-electron chi connectivity index (χ2n) is 6.16. The van der Waals surface area contributed by atoms with E-state index in [1.807, 2.05) is 53.9 Å². The highest BCUT2D eigenvalue weighted by atomic mass is 32.1. The summed E-state index contributed by atoms with van der Waals surface area (Å²) in [6.45, 7) is 1.72. The number of anilines is 1. The molecule has 134 valence electrons. The third kappa shape index (κ3) is 3.99. The van der Waals surface area contributed by atoms with Gasteiger partial charge in [0.1, 0.15) is 5.75 Å². The summed E-state index contributed by atoms with van der Waals surface area (Å²) < 4.78 is 5.65. The average molecular weight is 374 g/mol. The Hall–Kier alpha value is -3.18. The lowest BCUT2D eigenvalue weighted by Crippen LogP contribution is -2.30. The average Bonchev–Trinajstić information content (AvgIpc) is 3.17. The lowest BCUT2D eigenvalue weighted by atomic mass is 10.1. The number of thiazole rings is 1. The number of benzene rings is 3. The molecule has 0 saturated carbocycles. The number of hydrogen-bond donors (Lipinski definition) is 1. The van der Waals surface area contributed by atoms with Crippen LogP contribution in [0, 0.1) is 0 Å². The molecule has 0 bridgehead atoms. The molecule has 4 aromatic rings. The van der Waals surface area contributed by atoms with Gasteiger partial charge in [-0.2, -0.15) is 0 Å². The van der Waals surface area contributed by atoms with Gasteiger partial charge in [0, 0.05) is 10.9 Å². The van der Waals surface area contributed by atoms with Crippen LogP contribution in [0.1, 0.15) is 6.92 Å². The number of ether oxygens (including phenoxy) is 1. The molecular weight excluding hydrogens is 356 g/mol. The summed E-state index contributed by atoms with van der Waals surface area (Å²) >= 11 is 1.40. The summed E-state index contributed by atoms with van der Waals surface area (Å²) in [7, 11) is 0. The molecule has 0 saturated heterocycles. The van der Waals surface area contributed by atoms with Crippen molar-refractivity contribution in [3.63, 3.8) is 0 Å². The summed E-state index contributed by atoms with van der Waals surface area (Å²) in [5, 5.41) is 7.70. The molecule has 4 nitrogen and oxygen atoms in total. The molecular formula is C22H18N2O2S. The van der Waals surface area contributed by atoms with Crippen LogP contribution in [0.5, 0.6) is 5.75 Å². The third-order valence-corrected chi connectivity index (χ3v) is 4.96. The van der Waals surface area contributed by atoms with E-state index in [0.717, 1.165) is 11.3 Å². The highest BCUT2D eigenvalue weighted by Gasteiger charge is 2.16. The van der Waals surface area contributed by atoms with E-state index >= 15 is 0 Å². The normalized spacial score (nSPS) is 11.9. The predicted octanol–water partition coefficient (Wildman–Crippen LogP) is 5.37. The van der Waals surface area contributed by atoms with Crippen LogP contribution >= 0.6 is 11.3 Å². The first-order valence-corrected chi connectivity index (χ1v) is 9.54. The number of carbonyl (C=O) groups is 1. The number of rotatable bonds is 5. The van der Waals surface area contributed by atoms with Gasteiger partial charge in [0.2, 0.25) is 0 Å². The summed E-state index contributed by atoms with van der Waals surface area (Å²) in [5.74, 6) is 0.439. The second kappa shape index (κ2) is 7.60. The van der Waals surface area contributed by atoms with Crippen molar-refractivity contribution in [2.24, 2.45) is 0 Å². The minimum absolute atomic E-state index is 0.224. The van der Waals surface area contributed by atoms with Crippen LogP contribution in [0.15, 0.2) is 78.2 Å². The smallest absolute Gasteiger partial charge is 0.266 e. The molecule has 0 unspecified atom stereocenters. The Morgan fingerprint density at radius 1 is 1.00 bits per heavy atom. The summed E-state index contributed by atoms with van der Waals surface area (Å²) in [4.78, 5) is 16.9. The van der Waals surface area contributed by atoms with Crippen molar-refractivity contribution in [1.82, 2.24) is 4.98 Å². The zero-order chi connectivity index (χ0) is 18.6. The second-order valence-corrected chi connectivity index (χ2v) is 7.02. The minimum atomic E-state index is -0.611. The lowest BCUT2D eigenvalue weighted by Gasteiger charge is -2.13. The van der Waals surface area contributed by atoms with Crippen LogP contribution in [-0.2, 0) is 4.79 Å². The van der Waals surface area contributed by atoms with E-state index in [-0.39, 0.29) is 5.91 Å². The number of aromatic nitrogens is 1. The Bertz CT molecular complexity index is 1080. The summed E-state index contributed by atoms with van der Waals surface area (Å²) in [5.41, 5.74) is 1.87. The van der Waals surface area contributed by atoms with Gasteiger partial charge in [-0.1, -0.05) is 54.6 Å². The Labute approximate surface area is 161 Å². The number of hydrogen-bond acceptors (Lipinski definition) is 4. The molecule has 1 heterocycles. The van der Waals surface area contributed by atoms with Crippen molar-refractivity contribution >= 4 is 33.1 Å². The van der Waals surface area contributed by atoms with Crippen LogP contribution < -0.4 is 10.1 Å². The van der Waals surface area contributed by atoms with Gasteiger partial charge in [0.15, 0.2) is 11.2 Å².